The minimum atomic E-state index is -1.20. The molecular formula is C30H30N6O3S. The highest BCUT2D eigenvalue weighted by molar-refractivity contribution is 7.15. The summed E-state index contributed by atoms with van der Waals surface area (Å²) in [6, 6.07) is 17.5. The molecule has 1 aliphatic rings. The number of H-pyrrole nitrogens is 1. The maximum Gasteiger partial charge on any atom is 0.405 e. The minimum Gasteiger partial charge on any atom is -0.465 e. The quantitative estimate of drug-likeness (QED) is 0.226. The van der Waals surface area contributed by atoms with Crippen LogP contribution in [0.3, 0.4) is 0 Å². The van der Waals surface area contributed by atoms with Crippen LogP contribution in [0.15, 0.2) is 72.4 Å². The Morgan fingerprint density at radius 3 is 2.55 bits per heavy atom. The lowest BCUT2D eigenvalue weighted by atomic mass is 10.0. The summed E-state index contributed by atoms with van der Waals surface area (Å²) in [5.41, 5.74) is 6.06. The fraction of sp³-hybridized carbons (Fsp3) is 0.267. The number of rotatable bonds is 7. The first-order valence-electron chi connectivity index (χ1n) is 13.4. The number of carboxylic acid groups (broad SMARTS) is 1. The number of thiazole rings is 1. The van der Waals surface area contributed by atoms with Crippen molar-refractivity contribution in [1.82, 2.24) is 29.6 Å². The van der Waals surface area contributed by atoms with Crippen LogP contribution in [0.5, 0.6) is 0 Å². The zero-order chi connectivity index (χ0) is 27.8. The highest BCUT2D eigenvalue weighted by Crippen LogP contribution is 2.34. The molecule has 4 heterocycles. The summed E-state index contributed by atoms with van der Waals surface area (Å²) in [6.45, 7) is 4.26. The molecule has 204 valence electrons. The van der Waals surface area contributed by atoms with Gasteiger partial charge in [0.15, 0.2) is 4.96 Å². The molecule has 2 aromatic carbocycles. The Labute approximate surface area is 235 Å². The van der Waals surface area contributed by atoms with E-state index in [-0.39, 0.29) is 17.9 Å². The number of amides is 2. The molecule has 1 aliphatic heterocycles. The van der Waals surface area contributed by atoms with Crippen LogP contribution in [-0.4, -0.2) is 53.9 Å². The number of hydrogen-bond donors (Lipinski definition) is 3. The van der Waals surface area contributed by atoms with E-state index in [2.05, 4.69) is 55.5 Å². The molecule has 1 unspecified atom stereocenters. The first-order chi connectivity index (χ1) is 19.4. The van der Waals surface area contributed by atoms with Gasteiger partial charge >= 0.3 is 6.09 Å². The molecule has 1 saturated heterocycles. The minimum absolute atomic E-state index is 0.161. The van der Waals surface area contributed by atoms with Crippen molar-refractivity contribution < 1.29 is 14.7 Å². The molecule has 1 fully saturated rings. The molecule has 3 aromatic heterocycles. The third-order valence-corrected chi connectivity index (χ3v) is 8.27. The van der Waals surface area contributed by atoms with Crippen LogP contribution in [0.25, 0.3) is 38.7 Å². The summed E-state index contributed by atoms with van der Waals surface area (Å²) in [5, 5.41) is 13.7. The van der Waals surface area contributed by atoms with Gasteiger partial charge in [0.1, 0.15) is 11.9 Å². The first-order valence-corrected chi connectivity index (χ1v) is 14.2. The summed E-state index contributed by atoms with van der Waals surface area (Å²) in [5.74, 6) is 0.342. The second kappa shape index (κ2) is 10.6. The number of likely N-dealkylation sites (tertiary alicyclic amines) is 1. The van der Waals surface area contributed by atoms with Gasteiger partial charge in [0.25, 0.3) is 0 Å². The van der Waals surface area contributed by atoms with E-state index in [0.29, 0.717) is 12.4 Å². The van der Waals surface area contributed by atoms with E-state index in [4.69, 9.17) is 4.98 Å². The molecule has 9 nitrogen and oxygen atoms in total. The van der Waals surface area contributed by atoms with Gasteiger partial charge in [-0.05, 0) is 29.9 Å². The van der Waals surface area contributed by atoms with Crippen molar-refractivity contribution in [2.24, 2.45) is 5.92 Å². The Hall–Kier alpha value is -4.44. The third kappa shape index (κ3) is 4.86. The van der Waals surface area contributed by atoms with Crippen molar-refractivity contribution in [1.29, 1.82) is 0 Å². The topological polar surface area (TPSA) is 116 Å². The highest BCUT2D eigenvalue weighted by Gasteiger charge is 2.37. The SMILES string of the molecule is CC(C)[C@H](NC(=O)O)C(=O)N1CCCC1c1ncc(-c2ccc(-c3cn4c(-c5ccccc5)csc4n3)cc2)[nH]1. The maximum absolute atomic E-state index is 13.3. The van der Waals surface area contributed by atoms with Gasteiger partial charge in [-0.25, -0.2) is 14.8 Å². The van der Waals surface area contributed by atoms with E-state index >= 15 is 0 Å². The fourth-order valence-electron chi connectivity index (χ4n) is 5.35. The maximum atomic E-state index is 13.3. The molecule has 40 heavy (non-hydrogen) atoms. The average Bonchev–Trinajstić information content (AvgIpc) is 3.75. The van der Waals surface area contributed by atoms with Crippen molar-refractivity contribution in [2.45, 2.75) is 38.8 Å². The predicted octanol–water partition coefficient (Wildman–Crippen LogP) is 6.08. The monoisotopic (exact) mass is 554 g/mol. The van der Waals surface area contributed by atoms with Gasteiger partial charge in [0.2, 0.25) is 5.91 Å². The predicted molar refractivity (Wildman–Crippen MR) is 155 cm³/mol. The molecule has 2 amide bonds. The van der Waals surface area contributed by atoms with Gasteiger partial charge in [-0.3, -0.25) is 9.20 Å². The lowest BCUT2D eigenvalue weighted by Gasteiger charge is -2.29. The van der Waals surface area contributed by atoms with Crippen LogP contribution < -0.4 is 5.32 Å². The van der Waals surface area contributed by atoms with Gasteiger partial charge in [-0.2, -0.15) is 0 Å². The van der Waals surface area contributed by atoms with Crippen molar-refractivity contribution in [3.05, 3.63) is 78.2 Å². The van der Waals surface area contributed by atoms with Crippen molar-refractivity contribution in [2.75, 3.05) is 6.54 Å². The largest absolute Gasteiger partial charge is 0.465 e. The van der Waals surface area contributed by atoms with E-state index < -0.39 is 12.1 Å². The van der Waals surface area contributed by atoms with Gasteiger partial charge in [-0.15, -0.1) is 11.3 Å². The Bertz CT molecular complexity index is 1650. The number of aromatic nitrogens is 4. The van der Waals surface area contributed by atoms with Gasteiger partial charge in [-0.1, -0.05) is 68.4 Å². The molecule has 5 aromatic rings. The highest BCUT2D eigenvalue weighted by atomic mass is 32.1. The summed E-state index contributed by atoms with van der Waals surface area (Å²) < 4.78 is 2.13. The lowest BCUT2D eigenvalue weighted by molar-refractivity contribution is -0.135. The number of fused-ring (bicyclic) bond motifs is 1. The first kappa shape index (κ1) is 25.8. The van der Waals surface area contributed by atoms with Crippen molar-refractivity contribution in [3.8, 4) is 33.8 Å². The lowest BCUT2D eigenvalue weighted by Crippen LogP contribution is -2.50. The molecule has 3 N–H and O–H groups in total. The van der Waals surface area contributed by atoms with Crippen molar-refractivity contribution >= 4 is 28.3 Å². The molecule has 2 atom stereocenters. The Kier molecular flexibility index (Phi) is 6.85. The van der Waals surface area contributed by atoms with Crippen LogP contribution in [0, 0.1) is 5.92 Å². The van der Waals surface area contributed by atoms with Gasteiger partial charge < -0.3 is 20.3 Å². The Morgan fingerprint density at radius 1 is 1.07 bits per heavy atom. The summed E-state index contributed by atoms with van der Waals surface area (Å²) in [6.07, 6.45) is 4.29. The number of carbonyl (C=O) groups is 2. The molecule has 10 heteroatoms. The molecule has 0 saturated carbocycles. The number of imidazole rings is 2. The zero-order valence-electron chi connectivity index (χ0n) is 22.2. The van der Waals surface area contributed by atoms with E-state index in [9.17, 15) is 14.7 Å². The standard InChI is InChI=1S/C30H30N6O3S/c1-18(2)26(34-30(38)39)28(37)35-14-6-9-24(35)27-31-15-22(32-27)19-10-12-20(13-11-19)23-16-36-25(17-40-29(36)33-23)21-7-4-3-5-8-21/h3-5,7-8,10-13,15-18,24,26,34H,6,9,14H2,1-2H3,(H,31,32)(H,38,39)/t24?,26-/m0/s1. The van der Waals surface area contributed by atoms with Crippen LogP contribution in [0.1, 0.15) is 38.6 Å². The fourth-order valence-corrected chi connectivity index (χ4v) is 6.23. The average molecular weight is 555 g/mol. The van der Waals surface area contributed by atoms with E-state index in [1.165, 1.54) is 0 Å². The van der Waals surface area contributed by atoms with E-state index in [0.717, 1.165) is 51.6 Å². The van der Waals surface area contributed by atoms with E-state index in [1.807, 2.05) is 44.2 Å². The van der Waals surface area contributed by atoms with Crippen LogP contribution in [0.2, 0.25) is 0 Å². The number of hydrogen-bond acceptors (Lipinski definition) is 5. The molecule has 0 radical (unpaired) electrons. The third-order valence-electron chi connectivity index (χ3n) is 7.43. The second-order valence-corrected chi connectivity index (χ2v) is 11.2. The molecule has 0 spiro atoms. The number of nitrogens with one attached hydrogen (secondary N) is 2. The summed E-state index contributed by atoms with van der Waals surface area (Å²) >= 11 is 1.62. The number of benzene rings is 2. The zero-order valence-corrected chi connectivity index (χ0v) is 23.1. The van der Waals surface area contributed by atoms with Gasteiger partial charge in [0.05, 0.1) is 29.3 Å². The Morgan fingerprint density at radius 2 is 1.82 bits per heavy atom. The number of aromatic amines is 1. The molecule has 0 bridgehead atoms. The van der Waals surface area contributed by atoms with Gasteiger partial charge in [0, 0.05) is 23.7 Å². The number of nitrogens with zero attached hydrogens (tertiary/aromatic N) is 4. The van der Waals surface area contributed by atoms with Crippen LogP contribution >= 0.6 is 11.3 Å². The van der Waals surface area contributed by atoms with E-state index in [1.54, 1.807) is 22.4 Å². The summed E-state index contributed by atoms with van der Waals surface area (Å²) in [4.78, 5) is 40.1. The summed E-state index contributed by atoms with van der Waals surface area (Å²) in [7, 11) is 0. The molecule has 6 rings (SSSR count). The van der Waals surface area contributed by atoms with Crippen molar-refractivity contribution in [3.63, 3.8) is 0 Å². The molecule has 0 aliphatic carbocycles. The normalized spacial score (nSPS) is 16.1. The number of carbonyl (C=O) groups excluding carboxylic acids is 1. The Balaban J connectivity index is 1.20. The smallest absolute Gasteiger partial charge is 0.405 e. The second-order valence-electron chi connectivity index (χ2n) is 10.4. The van der Waals surface area contributed by atoms with Crippen LogP contribution in [-0.2, 0) is 4.79 Å². The molecular weight excluding hydrogens is 524 g/mol. The van der Waals surface area contributed by atoms with Crippen LogP contribution in [0.4, 0.5) is 4.79 Å².